The fraction of sp³-hybridized carbons (Fsp3) is 0.350. The summed E-state index contributed by atoms with van der Waals surface area (Å²) >= 11 is 5.90. The van der Waals surface area contributed by atoms with Gasteiger partial charge in [0, 0.05) is 10.7 Å². The van der Waals surface area contributed by atoms with Crippen LogP contribution in [0.15, 0.2) is 47.4 Å². The van der Waals surface area contributed by atoms with E-state index in [1.54, 1.807) is 0 Å². The molecule has 0 aliphatic carbocycles. The molecule has 0 saturated heterocycles. The third-order valence-electron chi connectivity index (χ3n) is 4.18. The number of anilines is 1. The summed E-state index contributed by atoms with van der Waals surface area (Å²) in [7, 11) is -2.64. The van der Waals surface area contributed by atoms with Gasteiger partial charge in [-0.1, -0.05) is 37.1 Å². The normalized spacial score (nSPS) is 12.4. The molecule has 1 atom stereocenters. The first kappa shape index (κ1) is 22.2. The van der Waals surface area contributed by atoms with Crippen LogP contribution < -0.4 is 14.8 Å². The molecule has 8 heteroatoms. The van der Waals surface area contributed by atoms with E-state index in [1.807, 2.05) is 24.3 Å². The molecule has 0 heterocycles. The number of carbonyl (C=O) groups excluding carboxylic acids is 1. The molecule has 2 N–H and O–H groups in total. The molecule has 0 saturated carbocycles. The van der Waals surface area contributed by atoms with E-state index in [2.05, 4.69) is 17.0 Å². The molecule has 0 aromatic heterocycles. The standard InChI is InChI=1S/C20H25ClN2O4S/c1-4-5-6-15-7-10-17(11-8-15)22-20(24)14(2)23-28(25,26)19-13-16(21)9-12-18(19)27-3/h7-14,23H,4-6H2,1-3H3,(H,22,24)/t14-/m1/s1. The minimum atomic E-state index is -4.00. The van der Waals surface area contributed by atoms with Crippen molar-refractivity contribution in [2.24, 2.45) is 0 Å². The minimum Gasteiger partial charge on any atom is -0.495 e. The van der Waals surface area contributed by atoms with Gasteiger partial charge in [-0.05, 0) is 55.7 Å². The summed E-state index contributed by atoms with van der Waals surface area (Å²) in [6, 6.07) is 10.8. The lowest BCUT2D eigenvalue weighted by molar-refractivity contribution is -0.117. The third-order valence-corrected chi connectivity index (χ3v) is 5.98. The Balaban J connectivity index is 2.06. The van der Waals surface area contributed by atoms with Crippen molar-refractivity contribution >= 4 is 33.2 Å². The van der Waals surface area contributed by atoms with E-state index in [1.165, 1.54) is 37.8 Å². The topological polar surface area (TPSA) is 84.5 Å². The molecule has 0 fully saturated rings. The van der Waals surface area contributed by atoms with E-state index in [-0.39, 0.29) is 15.7 Å². The van der Waals surface area contributed by atoms with Gasteiger partial charge in [0.15, 0.2) is 0 Å². The molecule has 0 unspecified atom stereocenters. The Morgan fingerprint density at radius 1 is 1.18 bits per heavy atom. The molecule has 0 radical (unpaired) electrons. The summed E-state index contributed by atoms with van der Waals surface area (Å²) in [6.07, 6.45) is 3.22. The first-order chi connectivity index (χ1) is 13.3. The predicted molar refractivity (Wildman–Crippen MR) is 111 cm³/mol. The number of halogens is 1. The maximum Gasteiger partial charge on any atom is 0.245 e. The Bertz CT molecular complexity index is 914. The summed E-state index contributed by atoms with van der Waals surface area (Å²) in [5.74, 6) is -0.321. The van der Waals surface area contributed by atoms with Gasteiger partial charge in [-0.3, -0.25) is 4.79 Å². The molecule has 0 spiro atoms. The van der Waals surface area contributed by atoms with Gasteiger partial charge in [-0.2, -0.15) is 4.72 Å². The van der Waals surface area contributed by atoms with Gasteiger partial charge >= 0.3 is 0 Å². The SMILES string of the molecule is CCCCc1ccc(NC(=O)[C@@H](C)NS(=O)(=O)c2cc(Cl)ccc2OC)cc1. The summed E-state index contributed by atoms with van der Waals surface area (Å²) in [5, 5.41) is 2.97. The molecule has 152 valence electrons. The maximum absolute atomic E-state index is 12.6. The van der Waals surface area contributed by atoms with E-state index in [0.717, 1.165) is 19.3 Å². The molecule has 1 amide bonds. The largest absolute Gasteiger partial charge is 0.495 e. The zero-order valence-corrected chi connectivity index (χ0v) is 17.7. The highest BCUT2D eigenvalue weighted by atomic mass is 35.5. The Morgan fingerprint density at radius 3 is 2.46 bits per heavy atom. The lowest BCUT2D eigenvalue weighted by atomic mass is 10.1. The van der Waals surface area contributed by atoms with Gasteiger partial charge in [0.1, 0.15) is 10.6 Å². The summed E-state index contributed by atoms with van der Waals surface area (Å²) in [6.45, 7) is 3.61. The van der Waals surface area contributed by atoms with Crippen LogP contribution >= 0.6 is 11.6 Å². The number of ether oxygens (including phenoxy) is 1. The second-order valence-electron chi connectivity index (χ2n) is 6.43. The van der Waals surface area contributed by atoms with Crippen molar-refractivity contribution in [3.63, 3.8) is 0 Å². The zero-order chi connectivity index (χ0) is 20.7. The van der Waals surface area contributed by atoms with Crippen LogP contribution in [-0.2, 0) is 21.2 Å². The van der Waals surface area contributed by atoms with Crippen molar-refractivity contribution in [3.8, 4) is 5.75 Å². The smallest absolute Gasteiger partial charge is 0.245 e. The number of unbranched alkanes of at least 4 members (excludes halogenated alkanes) is 1. The fourth-order valence-electron chi connectivity index (χ4n) is 2.60. The highest BCUT2D eigenvalue weighted by Gasteiger charge is 2.25. The average Bonchev–Trinajstić information content (AvgIpc) is 2.67. The summed E-state index contributed by atoms with van der Waals surface area (Å²) in [4.78, 5) is 12.3. The van der Waals surface area contributed by atoms with E-state index >= 15 is 0 Å². The third kappa shape index (κ3) is 5.95. The zero-order valence-electron chi connectivity index (χ0n) is 16.2. The molecule has 2 aromatic rings. The Labute approximate surface area is 171 Å². The van der Waals surface area contributed by atoms with Gasteiger partial charge < -0.3 is 10.1 Å². The highest BCUT2D eigenvalue weighted by molar-refractivity contribution is 7.89. The molecule has 2 aromatic carbocycles. The fourth-order valence-corrected chi connectivity index (χ4v) is 4.23. The molecule has 6 nitrogen and oxygen atoms in total. The van der Waals surface area contributed by atoms with Gasteiger partial charge in [-0.15, -0.1) is 0 Å². The number of nitrogens with one attached hydrogen (secondary N) is 2. The number of rotatable bonds is 9. The van der Waals surface area contributed by atoms with Crippen molar-refractivity contribution < 1.29 is 17.9 Å². The first-order valence-corrected chi connectivity index (χ1v) is 10.9. The van der Waals surface area contributed by atoms with Gasteiger partial charge in [0.2, 0.25) is 15.9 Å². The number of sulfonamides is 1. The van der Waals surface area contributed by atoms with Crippen molar-refractivity contribution in [1.29, 1.82) is 0 Å². The summed E-state index contributed by atoms with van der Waals surface area (Å²) < 4.78 is 32.7. The van der Waals surface area contributed by atoms with Crippen LogP contribution in [0.3, 0.4) is 0 Å². The lowest BCUT2D eigenvalue weighted by Gasteiger charge is -2.16. The highest BCUT2D eigenvalue weighted by Crippen LogP contribution is 2.27. The summed E-state index contributed by atoms with van der Waals surface area (Å²) in [5.41, 5.74) is 1.80. The number of benzene rings is 2. The van der Waals surface area contributed by atoms with Crippen LogP contribution in [0.2, 0.25) is 5.02 Å². The van der Waals surface area contributed by atoms with Crippen LogP contribution in [0.25, 0.3) is 0 Å². The van der Waals surface area contributed by atoms with Crippen LogP contribution in [0.4, 0.5) is 5.69 Å². The lowest BCUT2D eigenvalue weighted by Crippen LogP contribution is -2.41. The Kier molecular flexibility index (Phi) is 7.86. The number of aryl methyl sites for hydroxylation is 1. The second kappa shape index (κ2) is 9.91. The Hall–Kier alpha value is -2.09. The van der Waals surface area contributed by atoms with E-state index < -0.39 is 22.0 Å². The number of amides is 1. The van der Waals surface area contributed by atoms with Gasteiger partial charge in [0.25, 0.3) is 0 Å². The molecular formula is C20H25ClN2O4S. The van der Waals surface area contributed by atoms with E-state index in [4.69, 9.17) is 16.3 Å². The molecular weight excluding hydrogens is 400 g/mol. The van der Waals surface area contributed by atoms with Crippen molar-refractivity contribution in [1.82, 2.24) is 4.72 Å². The number of carbonyl (C=O) groups is 1. The molecule has 28 heavy (non-hydrogen) atoms. The number of hydrogen-bond acceptors (Lipinski definition) is 4. The predicted octanol–water partition coefficient (Wildman–Crippen LogP) is 4.00. The minimum absolute atomic E-state index is 0.123. The molecule has 0 aliphatic rings. The van der Waals surface area contributed by atoms with Crippen LogP contribution in [0.5, 0.6) is 5.75 Å². The van der Waals surface area contributed by atoms with E-state index in [0.29, 0.717) is 5.69 Å². The molecule has 0 bridgehead atoms. The monoisotopic (exact) mass is 424 g/mol. The maximum atomic E-state index is 12.6. The van der Waals surface area contributed by atoms with E-state index in [9.17, 15) is 13.2 Å². The van der Waals surface area contributed by atoms with Crippen molar-refractivity contribution in [2.45, 2.75) is 44.0 Å². The number of hydrogen-bond donors (Lipinski definition) is 2. The average molecular weight is 425 g/mol. The van der Waals surface area contributed by atoms with Crippen molar-refractivity contribution in [3.05, 3.63) is 53.1 Å². The molecule has 2 rings (SSSR count). The van der Waals surface area contributed by atoms with Crippen LogP contribution in [0, 0.1) is 0 Å². The molecule has 0 aliphatic heterocycles. The number of methoxy groups -OCH3 is 1. The first-order valence-electron chi connectivity index (χ1n) is 9.02. The van der Waals surface area contributed by atoms with Crippen LogP contribution in [-0.4, -0.2) is 27.5 Å². The van der Waals surface area contributed by atoms with Crippen molar-refractivity contribution in [2.75, 3.05) is 12.4 Å². The quantitative estimate of drug-likeness (QED) is 0.637. The second-order valence-corrected chi connectivity index (χ2v) is 8.55. The van der Waals surface area contributed by atoms with Gasteiger partial charge in [0.05, 0.1) is 13.2 Å². The van der Waals surface area contributed by atoms with Gasteiger partial charge in [-0.25, -0.2) is 8.42 Å². The Morgan fingerprint density at radius 2 is 1.86 bits per heavy atom. The van der Waals surface area contributed by atoms with Crippen LogP contribution in [0.1, 0.15) is 32.3 Å².